The van der Waals surface area contributed by atoms with Crippen LogP contribution < -0.4 is 5.56 Å². The Bertz CT molecular complexity index is 923. The lowest BCUT2D eigenvalue weighted by Crippen LogP contribution is -2.22. The molecular weight excluding hydrogens is 324 g/mol. The molecule has 0 atom stereocenters. The van der Waals surface area contributed by atoms with Crippen LogP contribution in [0.25, 0.3) is 10.2 Å². The van der Waals surface area contributed by atoms with E-state index in [1.165, 1.54) is 4.88 Å². The molecule has 0 fully saturated rings. The van der Waals surface area contributed by atoms with Gasteiger partial charge in [-0.05, 0) is 42.4 Å². The number of nitrogens with zero attached hydrogens (tertiary/aromatic N) is 1. The highest BCUT2D eigenvalue weighted by atomic mass is 35.5. The van der Waals surface area contributed by atoms with Crippen LogP contribution in [0.15, 0.2) is 35.1 Å². The largest absolute Gasteiger partial charge is 0.323 e. The zero-order valence-electron chi connectivity index (χ0n) is 11.4. The zero-order valence-corrected chi connectivity index (χ0v) is 13.7. The van der Waals surface area contributed by atoms with Crippen molar-refractivity contribution in [1.29, 1.82) is 0 Å². The molecule has 1 aromatic carbocycles. The van der Waals surface area contributed by atoms with Gasteiger partial charge in [0.2, 0.25) is 0 Å². The van der Waals surface area contributed by atoms with Gasteiger partial charge in [0.25, 0.3) is 5.56 Å². The van der Waals surface area contributed by atoms with Gasteiger partial charge in [0.15, 0.2) is 4.77 Å². The van der Waals surface area contributed by atoms with Crippen LogP contribution in [0.3, 0.4) is 0 Å². The molecule has 0 aliphatic heterocycles. The van der Waals surface area contributed by atoms with Crippen LogP contribution in [0.1, 0.15) is 17.4 Å². The Morgan fingerprint density at radius 1 is 1.38 bits per heavy atom. The molecule has 0 amide bonds. The van der Waals surface area contributed by atoms with Crippen molar-refractivity contribution in [2.45, 2.75) is 19.9 Å². The smallest absolute Gasteiger partial charge is 0.263 e. The van der Waals surface area contributed by atoms with Crippen molar-refractivity contribution < 1.29 is 0 Å². The van der Waals surface area contributed by atoms with Crippen molar-refractivity contribution in [2.75, 3.05) is 0 Å². The van der Waals surface area contributed by atoms with E-state index < -0.39 is 0 Å². The van der Waals surface area contributed by atoms with Gasteiger partial charge in [-0.1, -0.05) is 30.7 Å². The standard InChI is InChI=1S/C15H13ClN2OS2/c1-2-11-7-12-13(21-11)17-15(20)18(14(12)19)8-9-4-3-5-10(16)6-9/h3-7H,2,8H2,1H3,(H,17,20). The van der Waals surface area contributed by atoms with E-state index in [1.54, 1.807) is 15.9 Å². The summed E-state index contributed by atoms with van der Waals surface area (Å²) in [5.41, 5.74) is 0.902. The Hall–Kier alpha value is -1.43. The topological polar surface area (TPSA) is 37.8 Å². The summed E-state index contributed by atoms with van der Waals surface area (Å²) in [4.78, 5) is 17.8. The summed E-state index contributed by atoms with van der Waals surface area (Å²) in [7, 11) is 0. The maximum atomic E-state index is 12.6. The minimum Gasteiger partial charge on any atom is -0.323 e. The van der Waals surface area contributed by atoms with Gasteiger partial charge in [-0.15, -0.1) is 11.3 Å². The van der Waals surface area contributed by atoms with Crippen molar-refractivity contribution in [3.63, 3.8) is 0 Å². The van der Waals surface area contributed by atoms with Crippen LogP contribution in [-0.2, 0) is 13.0 Å². The molecule has 3 aromatic rings. The van der Waals surface area contributed by atoms with Crippen LogP contribution in [0.5, 0.6) is 0 Å². The molecule has 0 aliphatic carbocycles. The quantitative estimate of drug-likeness (QED) is 0.720. The summed E-state index contributed by atoms with van der Waals surface area (Å²) in [6.45, 7) is 2.49. The van der Waals surface area contributed by atoms with Gasteiger partial charge in [0.1, 0.15) is 4.83 Å². The molecule has 0 saturated heterocycles. The van der Waals surface area contributed by atoms with E-state index in [1.807, 2.05) is 30.3 Å². The summed E-state index contributed by atoms with van der Waals surface area (Å²) in [5.74, 6) is 0. The molecular formula is C15H13ClN2OS2. The Morgan fingerprint density at radius 3 is 2.90 bits per heavy atom. The van der Waals surface area contributed by atoms with Crippen molar-refractivity contribution in [3.05, 3.63) is 60.9 Å². The number of aromatic nitrogens is 2. The molecule has 21 heavy (non-hydrogen) atoms. The van der Waals surface area contributed by atoms with Crippen LogP contribution >= 0.6 is 35.2 Å². The van der Waals surface area contributed by atoms with Crippen molar-refractivity contribution in [2.24, 2.45) is 0 Å². The number of hydrogen-bond acceptors (Lipinski definition) is 3. The molecule has 108 valence electrons. The molecule has 0 radical (unpaired) electrons. The first-order chi connectivity index (χ1) is 10.1. The average Bonchev–Trinajstić information content (AvgIpc) is 2.87. The van der Waals surface area contributed by atoms with Gasteiger partial charge in [-0.25, -0.2) is 0 Å². The molecule has 0 spiro atoms. The maximum Gasteiger partial charge on any atom is 0.263 e. The molecule has 3 nitrogen and oxygen atoms in total. The predicted octanol–water partition coefficient (Wildman–Crippen LogP) is 4.38. The van der Waals surface area contributed by atoms with E-state index in [2.05, 4.69) is 11.9 Å². The van der Waals surface area contributed by atoms with Gasteiger partial charge in [-0.3, -0.25) is 9.36 Å². The molecule has 6 heteroatoms. The first-order valence-electron chi connectivity index (χ1n) is 6.58. The van der Waals surface area contributed by atoms with E-state index >= 15 is 0 Å². The molecule has 0 aliphatic rings. The van der Waals surface area contributed by atoms with Crippen molar-refractivity contribution >= 4 is 45.4 Å². The number of thiophene rings is 1. The van der Waals surface area contributed by atoms with Gasteiger partial charge in [0.05, 0.1) is 11.9 Å². The lowest BCUT2D eigenvalue weighted by Gasteiger charge is -2.06. The first kappa shape index (κ1) is 14.5. The second-order valence-corrected chi connectivity index (χ2v) is 6.72. The number of aryl methyl sites for hydroxylation is 1. The van der Waals surface area contributed by atoms with E-state index in [-0.39, 0.29) is 5.56 Å². The second-order valence-electron chi connectivity index (χ2n) is 4.76. The molecule has 0 saturated carbocycles. The Kier molecular flexibility index (Phi) is 3.97. The van der Waals surface area contributed by atoms with Crippen LogP contribution in [0, 0.1) is 4.77 Å². The molecule has 0 bridgehead atoms. The highest BCUT2D eigenvalue weighted by Gasteiger charge is 2.09. The molecule has 3 rings (SSSR count). The number of aromatic amines is 1. The van der Waals surface area contributed by atoms with Gasteiger partial charge in [-0.2, -0.15) is 0 Å². The highest BCUT2D eigenvalue weighted by Crippen LogP contribution is 2.21. The van der Waals surface area contributed by atoms with E-state index in [9.17, 15) is 4.79 Å². The summed E-state index contributed by atoms with van der Waals surface area (Å²) in [6.07, 6.45) is 0.910. The lowest BCUT2D eigenvalue weighted by molar-refractivity contribution is 0.735. The van der Waals surface area contributed by atoms with Gasteiger partial charge in [0, 0.05) is 9.90 Å². The maximum absolute atomic E-state index is 12.6. The van der Waals surface area contributed by atoms with Gasteiger partial charge >= 0.3 is 0 Å². The molecule has 2 aromatic heterocycles. The van der Waals surface area contributed by atoms with E-state index in [4.69, 9.17) is 23.8 Å². The Morgan fingerprint density at radius 2 is 2.19 bits per heavy atom. The monoisotopic (exact) mass is 336 g/mol. The van der Waals surface area contributed by atoms with Crippen LogP contribution in [0.4, 0.5) is 0 Å². The minimum atomic E-state index is -0.0512. The Balaban J connectivity index is 2.14. The third kappa shape index (κ3) is 2.81. The fourth-order valence-corrected chi connectivity index (χ4v) is 3.75. The van der Waals surface area contributed by atoms with Crippen molar-refractivity contribution in [1.82, 2.24) is 9.55 Å². The minimum absolute atomic E-state index is 0.0512. The molecule has 0 unspecified atom stereocenters. The summed E-state index contributed by atoms with van der Waals surface area (Å²) in [6, 6.07) is 9.40. The highest BCUT2D eigenvalue weighted by molar-refractivity contribution is 7.71. The number of rotatable bonds is 3. The lowest BCUT2D eigenvalue weighted by atomic mass is 10.2. The third-order valence-corrected chi connectivity index (χ3v) is 5.05. The van der Waals surface area contributed by atoms with Crippen molar-refractivity contribution in [3.8, 4) is 0 Å². The van der Waals surface area contributed by atoms with Crippen LogP contribution in [-0.4, -0.2) is 9.55 Å². The normalized spacial score (nSPS) is 11.1. The number of benzene rings is 1. The molecule has 2 heterocycles. The fourth-order valence-electron chi connectivity index (χ4n) is 2.23. The number of hydrogen-bond donors (Lipinski definition) is 1. The second kappa shape index (κ2) is 5.75. The SMILES string of the molecule is CCc1cc2c(=O)n(Cc3cccc(Cl)c3)c(=S)[nH]c2s1. The summed E-state index contributed by atoms with van der Waals surface area (Å²) < 4.78 is 2.02. The zero-order chi connectivity index (χ0) is 15.0. The number of fused-ring (bicyclic) bond motifs is 1. The number of nitrogens with one attached hydrogen (secondary N) is 1. The van der Waals surface area contributed by atoms with E-state index in [0.29, 0.717) is 21.7 Å². The van der Waals surface area contributed by atoms with Crippen LogP contribution in [0.2, 0.25) is 5.02 Å². The summed E-state index contributed by atoms with van der Waals surface area (Å²) in [5, 5.41) is 1.35. The Labute approximate surface area is 135 Å². The number of H-pyrrole nitrogens is 1. The molecule has 1 N–H and O–H groups in total. The summed E-state index contributed by atoms with van der Waals surface area (Å²) >= 11 is 12.9. The number of halogens is 1. The fraction of sp³-hybridized carbons (Fsp3) is 0.200. The third-order valence-electron chi connectivity index (χ3n) is 3.30. The van der Waals surface area contributed by atoms with Gasteiger partial charge < -0.3 is 4.98 Å². The average molecular weight is 337 g/mol. The first-order valence-corrected chi connectivity index (χ1v) is 8.18. The van der Waals surface area contributed by atoms with E-state index in [0.717, 1.165) is 16.8 Å². The predicted molar refractivity (Wildman–Crippen MR) is 91.2 cm³/mol.